The predicted molar refractivity (Wildman–Crippen MR) is 143 cm³/mol. The van der Waals surface area contributed by atoms with E-state index in [1.165, 1.54) is 11.8 Å². The molecule has 9 heteroatoms. The number of ketones is 1. The Hall–Kier alpha value is -4.04. The molecule has 0 unspecified atom stereocenters. The van der Waals surface area contributed by atoms with E-state index < -0.39 is 24.0 Å². The largest absolute Gasteiger partial charge is 0.350 e. The fraction of sp³-hybridized carbons (Fsp3) is 0.241. The van der Waals surface area contributed by atoms with Crippen LogP contribution in [-0.4, -0.2) is 50.8 Å². The number of likely N-dealkylation sites (tertiary alicyclic amines) is 1. The smallest absolute Gasteiger partial charge is 0.243 e. The van der Waals surface area contributed by atoms with Gasteiger partial charge in [0.1, 0.15) is 18.8 Å². The normalized spacial score (nSPS) is 17.1. The lowest BCUT2D eigenvalue weighted by Crippen LogP contribution is -2.46. The van der Waals surface area contributed by atoms with E-state index in [4.69, 9.17) is 11.6 Å². The van der Waals surface area contributed by atoms with Crippen molar-refractivity contribution < 1.29 is 18.8 Å². The van der Waals surface area contributed by atoms with Gasteiger partial charge in [-0.05, 0) is 60.0 Å². The van der Waals surface area contributed by atoms with Crippen LogP contribution in [0, 0.1) is 0 Å². The number of aromatic nitrogens is 2. The summed E-state index contributed by atoms with van der Waals surface area (Å²) < 4.78 is 16.1. The number of hydrogen-bond donors (Lipinski definition) is 1. The summed E-state index contributed by atoms with van der Waals surface area (Å²) in [6, 6.07) is 15.6. The Morgan fingerprint density at radius 3 is 2.61 bits per heavy atom. The molecule has 1 aliphatic rings. The molecule has 4 aromatic rings. The Morgan fingerprint density at radius 2 is 1.87 bits per heavy atom. The highest BCUT2D eigenvalue weighted by atomic mass is 35.5. The Bertz CT molecular complexity index is 1520. The Morgan fingerprint density at radius 1 is 1.08 bits per heavy atom. The minimum absolute atomic E-state index is 0.0620. The fourth-order valence-corrected chi connectivity index (χ4v) is 5.14. The van der Waals surface area contributed by atoms with Gasteiger partial charge in [-0.25, -0.2) is 4.39 Å². The van der Waals surface area contributed by atoms with Crippen LogP contribution in [0.5, 0.6) is 0 Å². The first-order chi connectivity index (χ1) is 18.3. The van der Waals surface area contributed by atoms with Crippen LogP contribution in [-0.2, 0) is 22.7 Å². The van der Waals surface area contributed by atoms with Gasteiger partial charge in [0.25, 0.3) is 0 Å². The maximum atomic E-state index is 14.4. The Balaban J connectivity index is 1.36. The molecule has 0 bridgehead atoms. The average molecular weight is 533 g/mol. The monoisotopic (exact) mass is 532 g/mol. The van der Waals surface area contributed by atoms with Crippen LogP contribution >= 0.6 is 11.6 Å². The summed E-state index contributed by atoms with van der Waals surface area (Å²) in [7, 11) is 0. The molecule has 194 valence electrons. The third kappa shape index (κ3) is 5.31. The highest BCUT2D eigenvalue weighted by Crippen LogP contribution is 2.29. The molecule has 1 saturated heterocycles. The van der Waals surface area contributed by atoms with Crippen molar-refractivity contribution in [2.45, 2.75) is 38.6 Å². The second-order valence-electron chi connectivity index (χ2n) is 9.44. The lowest BCUT2D eigenvalue weighted by Gasteiger charge is -2.24. The number of benzene rings is 2. The zero-order valence-electron chi connectivity index (χ0n) is 20.7. The highest BCUT2D eigenvalue weighted by Gasteiger charge is 2.39. The number of alkyl halides is 1. The molecule has 38 heavy (non-hydrogen) atoms. The summed E-state index contributed by atoms with van der Waals surface area (Å²) >= 11 is 6.01. The maximum Gasteiger partial charge on any atom is 0.243 e. The summed E-state index contributed by atoms with van der Waals surface area (Å²) in [5.74, 6) is -0.933. The topological polar surface area (TPSA) is 84.3 Å². The molecule has 0 aliphatic carbocycles. The van der Waals surface area contributed by atoms with Crippen LogP contribution in [0.25, 0.3) is 22.0 Å². The third-order valence-electron chi connectivity index (χ3n) is 6.81. The molecular formula is C29H26ClFN4O3. The molecule has 1 aliphatic heterocycles. The lowest BCUT2D eigenvalue weighted by molar-refractivity contribution is -0.139. The van der Waals surface area contributed by atoms with Crippen LogP contribution in [0.2, 0.25) is 5.02 Å². The SMILES string of the molecule is CC(=O)c1cn(CC(=O)N2C[C@H](F)C[C@H]2C(=O)NCc2cccc(Cl)c2)c2ccc(-c3ccncc3)cc12. The molecule has 2 aromatic carbocycles. The molecule has 0 spiro atoms. The summed E-state index contributed by atoms with van der Waals surface area (Å²) in [5, 5.41) is 4.07. The fourth-order valence-electron chi connectivity index (χ4n) is 4.93. The van der Waals surface area contributed by atoms with Crippen molar-refractivity contribution in [1.29, 1.82) is 0 Å². The number of halogens is 2. The van der Waals surface area contributed by atoms with Gasteiger partial charge in [-0.3, -0.25) is 19.4 Å². The molecule has 2 aromatic heterocycles. The number of pyridine rings is 1. The van der Waals surface area contributed by atoms with Gasteiger partial charge in [-0.2, -0.15) is 0 Å². The van der Waals surface area contributed by atoms with Gasteiger partial charge in [0.15, 0.2) is 5.78 Å². The first-order valence-corrected chi connectivity index (χ1v) is 12.7. The summed E-state index contributed by atoms with van der Waals surface area (Å²) in [4.78, 5) is 44.1. The van der Waals surface area contributed by atoms with Gasteiger partial charge in [-0.1, -0.05) is 29.8 Å². The van der Waals surface area contributed by atoms with Crippen LogP contribution in [0.3, 0.4) is 0 Å². The van der Waals surface area contributed by atoms with E-state index in [0.29, 0.717) is 16.1 Å². The number of carbonyl (C=O) groups excluding carboxylic acids is 3. The van der Waals surface area contributed by atoms with Crippen molar-refractivity contribution in [3.63, 3.8) is 0 Å². The van der Waals surface area contributed by atoms with Crippen molar-refractivity contribution in [2.24, 2.45) is 0 Å². The van der Waals surface area contributed by atoms with Gasteiger partial charge in [-0.15, -0.1) is 0 Å². The first kappa shape index (κ1) is 25.6. The van der Waals surface area contributed by atoms with Crippen molar-refractivity contribution in [3.8, 4) is 11.1 Å². The first-order valence-electron chi connectivity index (χ1n) is 12.3. The van der Waals surface area contributed by atoms with Gasteiger partial charge in [0, 0.05) is 53.0 Å². The van der Waals surface area contributed by atoms with E-state index >= 15 is 0 Å². The van der Waals surface area contributed by atoms with Crippen LogP contribution in [0.4, 0.5) is 4.39 Å². The number of nitrogens with one attached hydrogen (secondary N) is 1. The van der Waals surface area contributed by atoms with Crippen molar-refractivity contribution in [1.82, 2.24) is 19.8 Å². The van der Waals surface area contributed by atoms with E-state index in [2.05, 4.69) is 10.3 Å². The summed E-state index contributed by atoms with van der Waals surface area (Å²) in [6.45, 7) is 1.43. The summed E-state index contributed by atoms with van der Waals surface area (Å²) in [6.07, 6.45) is 3.69. The molecule has 1 N–H and O–H groups in total. The average Bonchev–Trinajstić information content (AvgIpc) is 3.48. The zero-order valence-corrected chi connectivity index (χ0v) is 21.5. The van der Waals surface area contributed by atoms with E-state index in [1.807, 2.05) is 36.4 Å². The standard InChI is InChI=1S/C29H26ClFN4O3/c1-18(36)25-16-34(26-6-5-21(12-24(25)26)20-7-9-32-10-8-20)17-28(37)35-15-23(31)13-27(35)29(38)33-14-19-3-2-4-22(30)11-19/h2-12,16,23,27H,13-15,17H2,1H3,(H,33,38)/t23-,27+/m1/s1. The number of fused-ring (bicyclic) bond motifs is 1. The maximum absolute atomic E-state index is 14.4. The second kappa shape index (κ2) is 10.8. The van der Waals surface area contributed by atoms with Crippen molar-refractivity contribution in [2.75, 3.05) is 6.54 Å². The van der Waals surface area contributed by atoms with E-state index in [1.54, 1.807) is 41.4 Å². The minimum atomic E-state index is -1.29. The molecule has 2 amide bonds. The molecule has 1 fully saturated rings. The van der Waals surface area contributed by atoms with Gasteiger partial charge in [0.05, 0.1) is 6.54 Å². The van der Waals surface area contributed by atoms with Crippen molar-refractivity contribution >= 4 is 40.1 Å². The quantitative estimate of drug-likeness (QED) is 0.346. The molecule has 7 nitrogen and oxygen atoms in total. The Labute approximate surface area is 224 Å². The minimum Gasteiger partial charge on any atom is -0.350 e. The molecule has 0 saturated carbocycles. The number of Topliss-reactive ketones (excluding diaryl/α,β-unsaturated/α-hetero) is 1. The Kier molecular flexibility index (Phi) is 7.24. The van der Waals surface area contributed by atoms with E-state index in [-0.39, 0.29) is 31.8 Å². The lowest BCUT2D eigenvalue weighted by atomic mass is 10.0. The molecule has 5 rings (SSSR count). The van der Waals surface area contributed by atoms with E-state index in [0.717, 1.165) is 22.1 Å². The zero-order chi connectivity index (χ0) is 26.8. The summed E-state index contributed by atoms with van der Waals surface area (Å²) in [5.41, 5.74) is 3.88. The number of carbonyl (C=O) groups is 3. The second-order valence-corrected chi connectivity index (χ2v) is 9.87. The highest BCUT2D eigenvalue weighted by molar-refractivity contribution is 6.30. The number of amides is 2. The van der Waals surface area contributed by atoms with Gasteiger partial charge < -0.3 is 14.8 Å². The molecule has 3 heterocycles. The van der Waals surface area contributed by atoms with Crippen LogP contribution in [0.15, 0.2) is 73.2 Å². The molecule has 2 atom stereocenters. The van der Waals surface area contributed by atoms with Crippen molar-refractivity contribution in [3.05, 3.63) is 89.3 Å². The van der Waals surface area contributed by atoms with Gasteiger partial charge in [0.2, 0.25) is 11.8 Å². The van der Waals surface area contributed by atoms with Gasteiger partial charge >= 0.3 is 0 Å². The van der Waals surface area contributed by atoms with E-state index in [9.17, 15) is 18.8 Å². The van der Waals surface area contributed by atoms with Crippen LogP contribution in [0.1, 0.15) is 29.3 Å². The predicted octanol–water partition coefficient (Wildman–Crippen LogP) is 4.81. The third-order valence-corrected chi connectivity index (χ3v) is 7.04. The number of rotatable bonds is 7. The van der Waals surface area contributed by atoms with Crippen LogP contribution < -0.4 is 5.32 Å². The number of nitrogens with zero attached hydrogens (tertiary/aromatic N) is 3. The molecular weight excluding hydrogens is 507 g/mol. The molecule has 0 radical (unpaired) electrons. The number of hydrogen-bond acceptors (Lipinski definition) is 4.